The zero-order valence-electron chi connectivity index (χ0n) is 16.3. The third-order valence-electron chi connectivity index (χ3n) is 4.51. The zero-order valence-corrected chi connectivity index (χ0v) is 17.8. The van der Waals surface area contributed by atoms with Gasteiger partial charge in [-0.1, -0.05) is 35.9 Å². The van der Waals surface area contributed by atoms with Gasteiger partial charge in [-0.15, -0.1) is 11.3 Å². The van der Waals surface area contributed by atoms with Gasteiger partial charge in [0.2, 0.25) is 0 Å². The van der Waals surface area contributed by atoms with Crippen LogP contribution in [0.5, 0.6) is 0 Å². The third kappa shape index (κ3) is 4.56. The normalized spacial score (nSPS) is 11.2. The number of thiophene rings is 1. The Bertz CT molecular complexity index is 1410. The first kappa shape index (κ1) is 21.3. The highest BCUT2D eigenvalue weighted by atomic mass is 35.5. The van der Waals surface area contributed by atoms with E-state index in [-0.39, 0.29) is 17.8 Å². The van der Waals surface area contributed by atoms with Crippen LogP contribution in [0.25, 0.3) is 21.3 Å². The number of hydrazone groups is 1. The zero-order chi connectivity index (χ0) is 22.7. The molecule has 0 aliphatic carbocycles. The predicted molar refractivity (Wildman–Crippen MR) is 123 cm³/mol. The van der Waals surface area contributed by atoms with Gasteiger partial charge in [-0.2, -0.15) is 5.10 Å². The predicted octanol–water partition coefficient (Wildman–Crippen LogP) is 3.84. The first-order valence-electron chi connectivity index (χ1n) is 9.21. The van der Waals surface area contributed by atoms with Gasteiger partial charge in [0.15, 0.2) is 0 Å². The smallest absolute Gasteiger partial charge is 0.270 e. The molecule has 0 aliphatic heterocycles. The fourth-order valence-corrected chi connectivity index (χ4v) is 4.04. The van der Waals surface area contributed by atoms with Gasteiger partial charge in [0.05, 0.1) is 22.9 Å². The number of rotatable bonds is 6. The number of benzene rings is 2. The molecule has 0 atom stereocenters. The van der Waals surface area contributed by atoms with Gasteiger partial charge in [-0.3, -0.25) is 24.3 Å². The van der Waals surface area contributed by atoms with E-state index in [1.54, 1.807) is 18.2 Å². The van der Waals surface area contributed by atoms with Crippen molar-refractivity contribution in [1.82, 2.24) is 15.0 Å². The second-order valence-electron chi connectivity index (χ2n) is 6.66. The van der Waals surface area contributed by atoms with Gasteiger partial charge in [0, 0.05) is 33.7 Å². The van der Waals surface area contributed by atoms with Gasteiger partial charge < -0.3 is 0 Å². The Balaban J connectivity index is 1.52. The number of hydrogen-bond acceptors (Lipinski definition) is 7. The second-order valence-corrected chi connectivity index (χ2v) is 7.95. The van der Waals surface area contributed by atoms with Crippen LogP contribution >= 0.6 is 22.9 Å². The number of aromatic nitrogens is 2. The molecule has 2 aromatic carbocycles. The lowest BCUT2D eigenvalue weighted by Crippen LogP contribution is -2.30. The summed E-state index contributed by atoms with van der Waals surface area (Å²) in [5, 5.41) is 17.5. The molecule has 0 fully saturated rings. The third-order valence-corrected chi connectivity index (χ3v) is 5.65. The number of halogens is 1. The van der Waals surface area contributed by atoms with Gasteiger partial charge in [-0.25, -0.2) is 10.4 Å². The number of nitrogens with zero attached hydrogens (tertiary/aromatic N) is 4. The number of carbonyl (C=O) groups is 1. The minimum atomic E-state index is -0.543. The lowest BCUT2D eigenvalue weighted by atomic mass is 10.1. The van der Waals surface area contributed by atoms with E-state index >= 15 is 0 Å². The molecule has 1 amide bonds. The average Bonchev–Trinajstić information content (AvgIpc) is 3.21. The Labute approximate surface area is 189 Å². The number of fused-ring (bicyclic) bond motifs is 1. The van der Waals surface area contributed by atoms with Crippen LogP contribution < -0.4 is 11.0 Å². The molecular weight excluding hydrogens is 454 g/mol. The van der Waals surface area contributed by atoms with Crippen molar-refractivity contribution >= 4 is 51.0 Å². The Morgan fingerprint density at radius 1 is 1.28 bits per heavy atom. The van der Waals surface area contributed by atoms with Crippen molar-refractivity contribution in [1.29, 1.82) is 0 Å². The number of non-ortho nitro benzene ring substituents is 1. The largest absolute Gasteiger partial charge is 0.289 e. The van der Waals surface area contributed by atoms with Crippen LogP contribution in [0.3, 0.4) is 0 Å². The van der Waals surface area contributed by atoms with Crippen molar-refractivity contribution in [3.8, 4) is 11.1 Å². The van der Waals surface area contributed by atoms with Crippen LogP contribution in [0.15, 0.2) is 70.1 Å². The standard InChI is InChI=1S/C21H14ClN5O4S/c22-15-6-4-14(5-7-15)17-11-32-20-19(17)21(29)26(12-23-20)10-18(28)25-24-9-13-2-1-3-16(8-13)27(30)31/h1-9,11-12H,10H2,(H,25,28)/b24-9+. The molecule has 4 aromatic rings. The minimum Gasteiger partial charge on any atom is -0.289 e. The van der Waals surface area contributed by atoms with E-state index in [2.05, 4.69) is 15.5 Å². The summed E-state index contributed by atoms with van der Waals surface area (Å²) in [4.78, 5) is 40.4. The highest BCUT2D eigenvalue weighted by Gasteiger charge is 2.14. The molecule has 9 nitrogen and oxygen atoms in total. The molecule has 4 rings (SSSR count). The highest BCUT2D eigenvalue weighted by Crippen LogP contribution is 2.31. The Kier molecular flexibility index (Phi) is 6.06. The van der Waals surface area contributed by atoms with Crippen molar-refractivity contribution in [2.75, 3.05) is 0 Å². The molecule has 0 spiro atoms. The van der Waals surface area contributed by atoms with Crippen LogP contribution in [0, 0.1) is 10.1 Å². The summed E-state index contributed by atoms with van der Waals surface area (Å²) in [6.45, 7) is -0.288. The lowest BCUT2D eigenvalue weighted by Gasteiger charge is -2.05. The summed E-state index contributed by atoms with van der Waals surface area (Å²) in [6, 6.07) is 12.9. The molecule has 11 heteroatoms. The maximum absolute atomic E-state index is 13.0. The summed E-state index contributed by atoms with van der Waals surface area (Å²) < 4.78 is 1.20. The van der Waals surface area contributed by atoms with Gasteiger partial charge in [0.1, 0.15) is 11.4 Å². The Hall–Kier alpha value is -3.89. The summed E-state index contributed by atoms with van der Waals surface area (Å²) in [6.07, 6.45) is 2.60. The molecule has 0 aliphatic rings. The average molecular weight is 468 g/mol. The molecule has 2 heterocycles. The van der Waals surface area contributed by atoms with E-state index in [1.165, 1.54) is 46.6 Å². The van der Waals surface area contributed by atoms with Crippen LogP contribution in [0.2, 0.25) is 5.02 Å². The molecule has 32 heavy (non-hydrogen) atoms. The van der Waals surface area contributed by atoms with E-state index in [0.29, 0.717) is 20.8 Å². The van der Waals surface area contributed by atoms with Crippen molar-refractivity contribution < 1.29 is 9.72 Å². The summed E-state index contributed by atoms with van der Waals surface area (Å²) >= 11 is 7.29. The molecule has 0 saturated carbocycles. The van der Waals surface area contributed by atoms with Crippen molar-refractivity contribution in [2.45, 2.75) is 6.54 Å². The van der Waals surface area contributed by atoms with Crippen molar-refractivity contribution in [3.63, 3.8) is 0 Å². The van der Waals surface area contributed by atoms with Crippen LogP contribution in [-0.4, -0.2) is 26.6 Å². The molecule has 2 aromatic heterocycles. The summed E-state index contributed by atoms with van der Waals surface area (Å²) in [5.41, 5.74) is 3.87. The molecule has 0 radical (unpaired) electrons. The first-order chi connectivity index (χ1) is 15.4. The molecule has 0 saturated heterocycles. The lowest BCUT2D eigenvalue weighted by molar-refractivity contribution is -0.384. The van der Waals surface area contributed by atoms with E-state index < -0.39 is 10.8 Å². The second kappa shape index (κ2) is 9.08. The number of nitro benzene ring substituents is 1. The Morgan fingerprint density at radius 3 is 2.81 bits per heavy atom. The molecule has 1 N–H and O–H groups in total. The topological polar surface area (TPSA) is 119 Å². The van der Waals surface area contributed by atoms with Crippen LogP contribution in [0.4, 0.5) is 5.69 Å². The first-order valence-corrected chi connectivity index (χ1v) is 10.5. The molecule has 0 unspecified atom stereocenters. The van der Waals surface area contributed by atoms with E-state index in [4.69, 9.17) is 11.6 Å². The van der Waals surface area contributed by atoms with Crippen LogP contribution in [-0.2, 0) is 11.3 Å². The SMILES string of the molecule is O=C(Cn1cnc2scc(-c3ccc(Cl)cc3)c2c1=O)N/N=C/c1cccc([N+](=O)[O-])c1. The van der Waals surface area contributed by atoms with E-state index in [0.717, 1.165) is 11.1 Å². The highest BCUT2D eigenvalue weighted by molar-refractivity contribution is 7.17. The number of nitro groups is 1. The fourth-order valence-electron chi connectivity index (χ4n) is 3.01. The maximum atomic E-state index is 13.0. The maximum Gasteiger partial charge on any atom is 0.270 e. The van der Waals surface area contributed by atoms with Crippen LogP contribution in [0.1, 0.15) is 5.56 Å². The minimum absolute atomic E-state index is 0.0848. The Morgan fingerprint density at radius 2 is 2.06 bits per heavy atom. The molecule has 0 bridgehead atoms. The summed E-state index contributed by atoms with van der Waals surface area (Å²) in [5.74, 6) is -0.543. The van der Waals surface area contributed by atoms with E-state index in [1.807, 2.05) is 17.5 Å². The van der Waals surface area contributed by atoms with Crippen molar-refractivity contribution in [2.24, 2.45) is 5.10 Å². The van der Waals surface area contributed by atoms with Gasteiger partial charge >= 0.3 is 0 Å². The number of carbonyl (C=O) groups excluding carboxylic acids is 1. The van der Waals surface area contributed by atoms with E-state index in [9.17, 15) is 19.7 Å². The number of amides is 1. The summed E-state index contributed by atoms with van der Waals surface area (Å²) in [7, 11) is 0. The number of nitrogens with one attached hydrogen (secondary N) is 1. The molecular formula is C21H14ClN5O4S. The quantitative estimate of drug-likeness (QED) is 0.262. The molecule has 160 valence electrons. The van der Waals surface area contributed by atoms with Crippen molar-refractivity contribution in [3.05, 3.63) is 91.3 Å². The fraction of sp³-hybridized carbons (Fsp3) is 0.0476. The van der Waals surface area contributed by atoms with Gasteiger partial charge in [0.25, 0.3) is 17.2 Å². The monoisotopic (exact) mass is 467 g/mol. The number of hydrogen-bond donors (Lipinski definition) is 1. The van der Waals surface area contributed by atoms with Gasteiger partial charge in [-0.05, 0) is 17.7 Å².